The summed E-state index contributed by atoms with van der Waals surface area (Å²) in [4.78, 5) is 38.0. The van der Waals surface area contributed by atoms with Crippen molar-refractivity contribution in [3.05, 3.63) is 35.9 Å². The van der Waals surface area contributed by atoms with Crippen molar-refractivity contribution < 1.29 is 14.4 Å². The Morgan fingerprint density at radius 1 is 1.23 bits per heavy atom. The van der Waals surface area contributed by atoms with Crippen LogP contribution in [0.5, 0.6) is 0 Å². The second-order valence-electron chi connectivity index (χ2n) is 6.19. The first-order valence-electron chi connectivity index (χ1n) is 7.19. The largest absolute Gasteiger partial charge is 0.338 e. The lowest BCUT2D eigenvalue weighted by Gasteiger charge is -2.44. The second-order valence-corrected chi connectivity index (χ2v) is 7.96. The number of amides is 2. The molecule has 0 bridgehead atoms. The first-order chi connectivity index (χ1) is 10.3. The molecule has 2 fully saturated rings. The minimum absolute atomic E-state index is 0.0128. The van der Waals surface area contributed by atoms with Gasteiger partial charge >= 0.3 is 0 Å². The van der Waals surface area contributed by atoms with Crippen molar-refractivity contribution in [1.82, 2.24) is 10.2 Å². The van der Waals surface area contributed by atoms with Gasteiger partial charge in [-0.3, -0.25) is 14.4 Å². The molecule has 22 heavy (non-hydrogen) atoms. The van der Waals surface area contributed by atoms with Gasteiger partial charge in [0.1, 0.15) is 17.5 Å². The minimum Gasteiger partial charge on any atom is -0.338 e. The van der Waals surface area contributed by atoms with E-state index < -0.39 is 12.1 Å². The van der Waals surface area contributed by atoms with E-state index in [2.05, 4.69) is 5.32 Å². The summed E-state index contributed by atoms with van der Waals surface area (Å²) in [5.74, 6) is -0.447. The van der Waals surface area contributed by atoms with Crippen LogP contribution in [0.1, 0.15) is 31.1 Å². The van der Waals surface area contributed by atoms with E-state index in [9.17, 15) is 14.4 Å². The molecule has 3 atom stereocenters. The summed E-state index contributed by atoms with van der Waals surface area (Å²) in [5, 5.41) is 2.63. The molecule has 2 heterocycles. The molecule has 116 valence electrons. The SMILES string of the molecule is CC(=O)C1N2C(=O)C(NC(=O)c3ccccc3)C2SC1(C)C. The van der Waals surface area contributed by atoms with Crippen LogP contribution in [-0.4, -0.2) is 44.7 Å². The van der Waals surface area contributed by atoms with Gasteiger partial charge in [0.2, 0.25) is 5.91 Å². The first kappa shape index (κ1) is 15.1. The lowest BCUT2D eigenvalue weighted by atomic mass is 9.93. The molecule has 0 spiro atoms. The zero-order chi connectivity index (χ0) is 16.1. The standard InChI is InChI=1S/C16H18N2O3S/c1-9(19)12-16(2,3)22-15-11(14(21)18(12)15)17-13(20)10-7-5-4-6-8-10/h4-8,11-12,15H,1-3H3,(H,17,20). The predicted molar refractivity (Wildman–Crippen MR) is 84.5 cm³/mol. The van der Waals surface area contributed by atoms with Crippen molar-refractivity contribution in [2.75, 3.05) is 0 Å². The van der Waals surface area contributed by atoms with Gasteiger partial charge in [0.15, 0.2) is 5.78 Å². The van der Waals surface area contributed by atoms with E-state index in [4.69, 9.17) is 0 Å². The molecule has 0 radical (unpaired) electrons. The van der Waals surface area contributed by atoms with Crippen LogP contribution in [0.25, 0.3) is 0 Å². The van der Waals surface area contributed by atoms with Crippen LogP contribution >= 0.6 is 11.8 Å². The van der Waals surface area contributed by atoms with Crippen LogP contribution in [0.3, 0.4) is 0 Å². The van der Waals surface area contributed by atoms with E-state index in [-0.39, 0.29) is 27.7 Å². The fourth-order valence-electron chi connectivity index (χ4n) is 3.23. The van der Waals surface area contributed by atoms with Crippen molar-refractivity contribution in [3.63, 3.8) is 0 Å². The third kappa shape index (κ3) is 2.22. The number of carbonyl (C=O) groups excluding carboxylic acids is 3. The molecule has 0 aliphatic carbocycles. The normalized spacial score (nSPS) is 28.8. The smallest absolute Gasteiger partial charge is 0.252 e. The average Bonchev–Trinajstić information content (AvgIpc) is 2.74. The molecular formula is C16H18N2O3S. The highest BCUT2D eigenvalue weighted by Crippen LogP contribution is 2.50. The number of hydrogen-bond acceptors (Lipinski definition) is 4. The van der Waals surface area contributed by atoms with Crippen LogP contribution in [-0.2, 0) is 9.59 Å². The molecule has 2 saturated heterocycles. The Bertz CT molecular complexity index is 644. The number of β-lactam (4-membered cyclic amide) rings is 1. The summed E-state index contributed by atoms with van der Waals surface area (Å²) in [6.45, 7) is 5.44. The maximum absolute atomic E-state index is 12.4. The Labute approximate surface area is 133 Å². The Balaban J connectivity index is 1.76. The Morgan fingerprint density at radius 2 is 1.86 bits per heavy atom. The van der Waals surface area contributed by atoms with Gasteiger partial charge < -0.3 is 10.2 Å². The molecule has 3 unspecified atom stereocenters. The number of thioether (sulfide) groups is 1. The molecule has 2 aliphatic rings. The van der Waals surface area contributed by atoms with Crippen molar-refractivity contribution in [1.29, 1.82) is 0 Å². The highest BCUT2D eigenvalue weighted by atomic mass is 32.2. The van der Waals surface area contributed by atoms with Gasteiger partial charge in [0.05, 0.1) is 0 Å². The highest BCUT2D eigenvalue weighted by molar-refractivity contribution is 8.01. The van der Waals surface area contributed by atoms with Crippen LogP contribution in [0.4, 0.5) is 0 Å². The molecule has 1 aromatic carbocycles. The number of fused-ring (bicyclic) bond motifs is 1. The van der Waals surface area contributed by atoms with Crippen LogP contribution in [0.15, 0.2) is 30.3 Å². The first-order valence-corrected chi connectivity index (χ1v) is 8.07. The fraction of sp³-hybridized carbons (Fsp3) is 0.438. The topological polar surface area (TPSA) is 66.5 Å². The van der Waals surface area contributed by atoms with Crippen molar-refractivity contribution in [2.24, 2.45) is 0 Å². The van der Waals surface area contributed by atoms with E-state index in [0.29, 0.717) is 5.56 Å². The fourth-order valence-corrected chi connectivity index (χ4v) is 4.92. The van der Waals surface area contributed by atoms with Crippen molar-refractivity contribution in [3.8, 4) is 0 Å². The van der Waals surface area contributed by atoms with Gasteiger partial charge in [0.25, 0.3) is 5.91 Å². The summed E-state index contributed by atoms with van der Waals surface area (Å²) < 4.78 is -0.335. The number of nitrogens with one attached hydrogen (secondary N) is 1. The monoisotopic (exact) mass is 318 g/mol. The Kier molecular flexibility index (Phi) is 3.51. The lowest BCUT2D eigenvalue weighted by molar-refractivity contribution is -0.152. The molecule has 1 N–H and O–H groups in total. The summed E-state index contributed by atoms with van der Waals surface area (Å²) in [6, 6.07) is 7.84. The van der Waals surface area contributed by atoms with Gasteiger partial charge in [-0.1, -0.05) is 18.2 Å². The molecular weight excluding hydrogens is 300 g/mol. The lowest BCUT2D eigenvalue weighted by Crippen LogP contribution is -2.70. The number of rotatable bonds is 3. The second kappa shape index (κ2) is 5.12. The third-order valence-electron chi connectivity index (χ3n) is 4.15. The third-order valence-corrected chi connectivity index (χ3v) is 5.72. The Morgan fingerprint density at radius 3 is 2.45 bits per heavy atom. The van der Waals surface area contributed by atoms with Gasteiger partial charge in [0, 0.05) is 10.3 Å². The van der Waals surface area contributed by atoms with E-state index in [1.807, 2.05) is 19.9 Å². The van der Waals surface area contributed by atoms with Crippen molar-refractivity contribution in [2.45, 2.75) is 43.0 Å². The molecule has 0 saturated carbocycles. The predicted octanol–water partition coefficient (Wildman–Crippen LogP) is 1.44. The molecule has 3 rings (SSSR count). The number of benzene rings is 1. The van der Waals surface area contributed by atoms with Crippen LogP contribution < -0.4 is 5.32 Å². The average molecular weight is 318 g/mol. The quantitative estimate of drug-likeness (QED) is 0.856. The summed E-state index contributed by atoms with van der Waals surface area (Å²) in [5.41, 5.74) is 0.527. The number of Topliss-reactive ketones (excluding diaryl/α,β-unsaturated/α-hetero) is 1. The molecule has 1 aromatic rings. The van der Waals surface area contributed by atoms with Crippen LogP contribution in [0, 0.1) is 0 Å². The number of hydrogen-bond donors (Lipinski definition) is 1. The van der Waals surface area contributed by atoms with E-state index in [0.717, 1.165) is 0 Å². The van der Waals surface area contributed by atoms with Gasteiger partial charge in [-0.15, -0.1) is 11.8 Å². The molecule has 0 aromatic heterocycles. The number of ketones is 1. The van der Waals surface area contributed by atoms with E-state index in [1.165, 1.54) is 6.92 Å². The molecule has 2 aliphatic heterocycles. The summed E-state index contributed by atoms with van der Waals surface area (Å²) in [7, 11) is 0. The van der Waals surface area contributed by atoms with Crippen LogP contribution in [0.2, 0.25) is 0 Å². The van der Waals surface area contributed by atoms with E-state index >= 15 is 0 Å². The van der Waals surface area contributed by atoms with Gasteiger partial charge in [-0.2, -0.15) is 0 Å². The zero-order valence-corrected chi connectivity index (χ0v) is 13.5. The zero-order valence-electron chi connectivity index (χ0n) is 12.7. The molecule has 2 amide bonds. The summed E-state index contributed by atoms with van der Waals surface area (Å²) >= 11 is 1.57. The number of carbonyl (C=O) groups is 3. The highest BCUT2D eigenvalue weighted by Gasteiger charge is 2.63. The minimum atomic E-state index is -0.554. The number of nitrogens with zero attached hydrogens (tertiary/aromatic N) is 1. The maximum atomic E-state index is 12.4. The van der Waals surface area contributed by atoms with Crippen molar-refractivity contribution >= 4 is 29.4 Å². The summed E-state index contributed by atoms with van der Waals surface area (Å²) in [6.07, 6.45) is 0. The molecule has 5 nitrogen and oxygen atoms in total. The van der Waals surface area contributed by atoms with Gasteiger partial charge in [-0.05, 0) is 32.9 Å². The molecule has 6 heteroatoms. The van der Waals surface area contributed by atoms with Gasteiger partial charge in [-0.25, -0.2) is 0 Å². The maximum Gasteiger partial charge on any atom is 0.252 e. The van der Waals surface area contributed by atoms with E-state index in [1.54, 1.807) is 40.9 Å². The Hall–Kier alpha value is -1.82.